The van der Waals surface area contributed by atoms with Crippen LogP contribution in [0.1, 0.15) is 44.9 Å². The summed E-state index contributed by atoms with van der Waals surface area (Å²) in [4.78, 5) is 27.2. The zero-order chi connectivity index (χ0) is 13.7. The zero-order valence-electron chi connectivity index (χ0n) is 11.5. The van der Waals surface area contributed by atoms with E-state index in [1.807, 2.05) is 0 Å². The number of aliphatic hydroxyl groups excluding tert-OH is 1. The molecule has 19 heavy (non-hydrogen) atoms. The zero-order valence-corrected chi connectivity index (χ0v) is 11.5. The number of aliphatic hydroxyl groups is 1. The summed E-state index contributed by atoms with van der Waals surface area (Å²) in [6.07, 6.45) is 7.14. The largest absolute Gasteiger partial charge is 0.395 e. The molecule has 5 nitrogen and oxygen atoms in total. The standard InChI is InChI=1S/C14H24N2O3/c17-10-9-15(12-5-2-1-3-6-12)11-14(19)16-8-4-7-13(16)18/h12,17H,1-11H2. The van der Waals surface area contributed by atoms with Crippen LogP contribution in [0.3, 0.4) is 0 Å². The van der Waals surface area contributed by atoms with Crippen molar-refractivity contribution in [1.29, 1.82) is 0 Å². The van der Waals surface area contributed by atoms with Gasteiger partial charge in [0.05, 0.1) is 13.2 Å². The molecule has 108 valence electrons. The van der Waals surface area contributed by atoms with Crippen LogP contribution in [0.15, 0.2) is 0 Å². The highest BCUT2D eigenvalue weighted by molar-refractivity contribution is 5.97. The van der Waals surface area contributed by atoms with E-state index >= 15 is 0 Å². The minimum Gasteiger partial charge on any atom is -0.395 e. The molecule has 1 heterocycles. The highest BCUT2D eigenvalue weighted by Gasteiger charge is 2.29. The van der Waals surface area contributed by atoms with E-state index in [2.05, 4.69) is 4.90 Å². The summed E-state index contributed by atoms with van der Waals surface area (Å²) in [5, 5.41) is 9.16. The van der Waals surface area contributed by atoms with E-state index in [4.69, 9.17) is 5.11 Å². The predicted molar refractivity (Wildman–Crippen MR) is 71.5 cm³/mol. The van der Waals surface area contributed by atoms with E-state index in [1.165, 1.54) is 24.2 Å². The van der Waals surface area contributed by atoms with Gasteiger partial charge in [0, 0.05) is 25.6 Å². The normalized spacial score (nSPS) is 21.4. The van der Waals surface area contributed by atoms with Crippen LogP contribution in [-0.4, -0.2) is 59.0 Å². The lowest BCUT2D eigenvalue weighted by Crippen LogP contribution is -2.46. The van der Waals surface area contributed by atoms with Gasteiger partial charge in [-0.3, -0.25) is 19.4 Å². The lowest BCUT2D eigenvalue weighted by atomic mass is 9.94. The molecular formula is C14H24N2O3. The van der Waals surface area contributed by atoms with Crippen LogP contribution in [-0.2, 0) is 9.59 Å². The second-order valence-corrected chi connectivity index (χ2v) is 5.53. The Morgan fingerprint density at radius 3 is 2.58 bits per heavy atom. The number of nitrogens with zero attached hydrogens (tertiary/aromatic N) is 2. The molecule has 2 aliphatic rings. The predicted octanol–water partition coefficient (Wildman–Crippen LogP) is 0.762. The van der Waals surface area contributed by atoms with Crippen LogP contribution < -0.4 is 0 Å². The molecule has 0 aromatic heterocycles. The highest BCUT2D eigenvalue weighted by Crippen LogP contribution is 2.22. The highest BCUT2D eigenvalue weighted by atomic mass is 16.3. The van der Waals surface area contributed by atoms with Crippen LogP contribution in [0.4, 0.5) is 0 Å². The summed E-state index contributed by atoms with van der Waals surface area (Å²) >= 11 is 0. The van der Waals surface area contributed by atoms with Gasteiger partial charge in [-0.25, -0.2) is 0 Å². The van der Waals surface area contributed by atoms with Gasteiger partial charge in [0.1, 0.15) is 0 Å². The van der Waals surface area contributed by atoms with Crippen molar-refractivity contribution in [2.45, 2.75) is 51.0 Å². The van der Waals surface area contributed by atoms with E-state index < -0.39 is 0 Å². The van der Waals surface area contributed by atoms with Crippen molar-refractivity contribution >= 4 is 11.8 Å². The van der Waals surface area contributed by atoms with Crippen LogP contribution in [0.25, 0.3) is 0 Å². The Labute approximate surface area is 114 Å². The fourth-order valence-corrected chi connectivity index (χ4v) is 3.14. The summed E-state index contributed by atoms with van der Waals surface area (Å²) in [6.45, 7) is 1.43. The van der Waals surface area contributed by atoms with E-state index in [-0.39, 0.29) is 25.0 Å². The maximum Gasteiger partial charge on any atom is 0.243 e. The van der Waals surface area contributed by atoms with Crippen molar-refractivity contribution in [3.05, 3.63) is 0 Å². The lowest BCUT2D eigenvalue weighted by molar-refractivity contribution is -0.143. The van der Waals surface area contributed by atoms with Gasteiger partial charge in [-0.2, -0.15) is 0 Å². The van der Waals surface area contributed by atoms with Gasteiger partial charge in [0.2, 0.25) is 11.8 Å². The number of imide groups is 1. The summed E-state index contributed by atoms with van der Waals surface area (Å²) in [7, 11) is 0. The first-order chi connectivity index (χ1) is 9.22. The molecule has 1 aliphatic carbocycles. The molecule has 2 amide bonds. The van der Waals surface area contributed by atoms with Crippen molar-refractivity contribution in [1.82, 2.24) is 9.80 Å². The van der Waals surface area contributed by atoms with Crippen LogP contribution >= 0.6 is 0 Å². The van der Waals surface area contributed by atoms with Crippen molar-refractivity contribution in [3.8, 4) is 0 Å². The smallest absolute Gasteiger partial charge is 0.243 e. The summed E-state index contributed by atoms with van der Waals surface area (Å²) in [5.74, 6) is -0.140. The van der Waals surface area contributed by atoms with Gasteiger partial charge in [-0.1, -0.05) is 19.3 Å². The molecule has 0 atom stereocenters. The molecule has 1 saturated carbocycles. The molecule has 2 rings (SSSR count). The number of amides is 2. The lowest BCUT2D eigenvalue weighted by Gasteiger charge is -2.34. The SMILES string of the molecule is O=C1CCCN1C(=O)CN(CCO)C1CCCCC1. The Kier molecular flexibility index (Phi) is 5.34. The molecule has 0 aromatic rings. The van der Waals surface area contributed by atoms with E-state index in [1.54, 1.807) is 0 Å². The first-order valence-electron chi connectivity index (χ1n) is 7.40. The summed E-state index contributed by atoms with van der Waals surface area (Å²) in [6, 6.07) is 0.391. The fraction of sp³-hybridized carbons (Fsp3) is 0.857. The third-order valence-corrected chi connectivity index (χ3v) is 4.19. The molecule has 0 radical (unpaired) electrons. The maximum atomic E-state index is 12.2. The Bertz CT molecular complexity index is 327. The quantitative estimate of drug-likeness (QED) is 0.800. The number of likely N-dealkylation sites (tertiary alicyclic amines) is 1. The van der Waals surface area contributed by atoms with Gasteiger partial charge in [-0.05, 0) is 19.3 Å². The first kappa shape index (κ1) is 14.5. The van der Waals surface area contributed by atoms with E-state index in [9.17, 15) is 9.59 Å². The van der Waals surface area contributed by atoms with Gasteiger partial charge >= 0.3 is 0 Å². The molecule has 0 unspecified atom stereocenters. The van der Waals surface area contributed by atoms with Crippen molar-refractivity contribution in [3.63, 3.8) is 0 Å². The number of hydrogen-bond donors (Lipinski definition) is 1. The van der Waals surface area contributed by atoms with E-state index in [0.29, 0.717) is 25.6 Å². The molecule has 1 aliphatic heterocycles. The van der Waals surface area contributed by atoms with Crippen LogP contribution in [0, 0.1) is 0 Å². The summed E-state index contributed by atoms with van der Waals surface area (Å²) < 4.78 is 0. The molecule has 0 bridgehead atoms. The van der Waals surface area contributed by atoms with Crippen LogP contribution in [0.5, 0.6) is 0 Å². The van der Waals surface area contributed by atoms with Gasteiger partial charge in [0.25, 0.3) is 0 Å². The van der Waals surface area contributed by atoms with Crippen LogP contribution in [0.2, 0.25) is 0 Å². The Balaban J connectivity index is 1.91. The number of rotatable bonds is 5. The third kappa shape index (κ3) is 3.76. The van der Waals surface area contributed by atoms with Gasteiger partial charge in [0.15, 0.2) is 0 Å². The topological polar surface area (TPSA) is 60.9 Å². The molecule has 5 heteroatoms. The average molecular weight is 268 g/mol. The molecule has 0 spiro atoms. The Hall–Kier alpha value is -0.940. The second kappa shape index (κ2) is 7.01. The third-order valence-electron chi connectivity index (χ3n) is 4.19. The Morgan fingerprint density at radius 2 is 2.00 bits per heavy atom. The molecule has 1 saturated heterocycles. The monoisotopic (exact) mass is 268 g/mol. The second-order valence-electron chi connectivity index (χ2n) is 5.53. The Morgan fingerprint density at radius 1 is 1.26 bits per heavy atom. The molecule has 1 N–H and O–H groups in total. The average Bonchev–Trinajstić information content (AvgIpc) is 2.85. The maximum absolute atomic E-state index is 12.2. The summed E-state index contributed by atoms with van der Waals surface area (Å²) in [5.41, 5.74) is 0. The molecule has 2 fully saturated rings. The first-order valence-corrected chi connectivity index (χ1v) is 7.40. The number of hydrogen-bond acceptors (Lipinski definition) is 4. The minimum absolute atomic E-state index is 0.0439. The van der Waals surface area contributed by atoms with Gasteiger partial charge in [-0.15, -0.1) is 0 Å². The van der Waals surface area contributed by atoms with E-state index in [0.717, 1.165) is 19.3 Å². The fourth-order valence-electron chi connectivity index (χ4n) is 3.14. The molecular weight excluding hydrogens is 244 g/mol. The number of carbonyl (C=O) groups excluding carboxylic acids is 2. The van der Waals surface area contributed by atoms with Gasteiger partial charge < -0.3 is 5.11 Å². The van der Waals surface area contributed by atoms with Crippen molar-refractivity contribution in [2.75, 3.05) is 26.2 Å². The number of carbonyl (C=O) groups is 2. The van der Waals surface area contributed by atoms with Crippen molar-refractivity contribution in [2.24, 2.45) is 0 Å². The minimum atomic E-state index is -0.0958. The molecule has 0 aromatic carbocycles. The van der Waals surface area contributed by atoms with Crippen molar-refractivity contribution < 1.29 is 14.7 Å².